The summed E-state index contributed by atoms with van der Waals surface area (Å²) >= 11 is 0. The topological polar surface area (TPSA) is 72.8 Å². The number of hydrogen-bond acceptors (Lipinski definition) is 5. The highest BCUT2D eigenvalue weighted by Crippen LogP contribution is 2.16. The van der Waals surface area contributed by atoms with Crippen molar-refractivity contribution in [3.8, 4) is 0 Å². The first-order valence-electron chi connectivity index (χ1n) is 22.2. The van der Waals surface area contributed by atoms with Crippen molar-refractivity contribution < 1.29 is 24.2 Å². The number of carbonyl (C=O) groups excluding carboxylic acids is 2. The average molecular weight is 729 g/mol. The minimum absolute atomic E-state index is 0.0928. The molecular formula is C47H84O5. The molecular weight excluding hydrogens is 645 g/mol. The lowest BCUT2D eigenvalue weighted by Gasteiger charge is -2.15. The van der Waals surface area contributed by atoms with E-state index in [1.807, 2.05) is 12.2 Å². The molecule has 5 heteroatoms. The molecule has 0 amide bonds. The van der Waals surface area contributed by atoms with E-state index < -0.39 is 12.1 Å². The van der Waals surface area contributed by atoms with Gasteiger partial charge in [0, 0.05) is 12.8 Å². The van der Waals surface area contributed by atoms with E-state index >= 15 is 0 Å². The Hall–Kier alpha value is -2.14. The smallest absolute Gasteiger partial charge is 0.306 e. The standard InChI is InChI=1S/C47H84O5/c1-3-5-7-9-11-13-15-17-18-19-20-21-22-23-24-25-26-27-28-30-31-33-35-37-39-41-46(49)51-44-45(43-48)52-47(50)42-40-38-36-34-32-29-16-14-12-10-8-6-4-2/h6,8,12,14,29,32,36,38,45,48H,3-5,7,9-11,13,15-28,30-31,33-35,37,39-44H2,1-2H3/b8-6-,14-12-,32-29-,38-36-. The number of aliphatic hydroxyl groups excluding tert-OH is 1. The number of ether oxygens (including phenoxy) is 2. The third kappa shape index (κ3) is 40.6. The lowest BCUT2D eigenvalue weighted by molar-refractivity contribution is -0.161. The van der Waals surface area contributed by atoms with Gasteiger partial charge in [0.15, 0.2) is 6.10 Å². The molecule has 0 fully saturated rings. The number of hydrogen-bond donors (Lipinski definition) is 1. The molecule has 0 aliphatic heterocycles. The summed E-state index contributed by atoms with van der Waals surface area (Å²) in [4.78, 5) is 24.2. The summed E-state index contributed by atoms with van der Waals surface area (Å²) in [5, 5.41) is 9.55. The van der Waals surface area contributed by atoms with E-state index in [0.29, 0.717) is 12.8 Å². The average Bonchev–Trinajstić information content (AvgIpc) is 3.15. The maximum absolute atomic E-state index is 12.1. The molecule has 1 unspecified atom stereocenters. The molecule has 52 heavy (non-hydrogen) atoms. The number of esters is 2. The van der Waals surface area contributed by atoms with Crippen LogP contribution in [0.15, 0.2) is 48.6 Å². The molecule has 0 heterocycles. The largest absolute Gasteiger partial charge is 0.462 e. The summed E-state index contributed by atoms with van der Waals surface area (Å²) < 4.78 is 10.6. The summed E-state index contributed by atoms with van der Waals surface area (Å²) in [6.07, 6.45) is 55.0. The molecule has 0 saturated heterocycles. The molecule has 302 valence electrons. The first-order valence-corrected chi connectivity index (χ1v) is 22.2. The Morgan fingerprint density at radius 2 is 0.827 bits per heavy atom. The Kier molecular flexibility index (Phi) is 41.5. The van der Waals surface area contributed by atoms with E-state index in [4.69, 9.17) is 9.47 Å². The molecule has 0 radical (unpaired) electrons. The van der Waals surface area contributed by atoms with Crippen LogP contribution in [-0.4, -0.2) is 36.4 Å². The zero-order chi connectivity index (χ0) is 37.8. The summed E-state index contributed by atoms with van der Waals surface area (Å²) in [6.45, 7) is 3.97. The molecule has 0 rings (SSSR count). The molecule has 0 bridgehead atoms. The van der Waals surface area contributed by atoms with Crippen molar-refractivity contribution in [1.82, 2.24) is 0 Å². The fraction of sp³-hybridized carbons (Fsp3) is 0.787. The molecule has 0 aliphatic rings. The maximum atomic E-state index is 12.1. The van der Waals surface area contributed by atoms with Gasteiger partial charge in [-0.05, 0) is 38.5 Å². The normalized spacial score (nSPS) is 12.6. The van der Waals surface area contributed by atoms with Crippen molar-refractivity contribution in [2.75, 3.05) is 13.2 Å². The third-order valence-corrected chi connectivity index (χ3v) is 9.65. The molecule has 1 atom stereocenters. The third-order valence-electron chi connectivity index (χ3n) is 9.65. The SMILES string of the molecule is CC/C=C\C/C=C\C/C=C\C/C=C\CCC(=O)OC(CO)COC(=O)CCCCCCCCCCCCCCCCCCCCCCCCCCC. The zero-order valence-corrected chi connectivity index (χ0v) is 34.3. The van der Waals surface area contributed by atoms with E-state index in [-0.39, 0.29) is 25.6 Å². The van der Waals surface area contributed by atoms with E-state index in [0.717, 1.165) is 44.9 Å². The number of rotatable bonds is 40. The van der Waals surface area contributed by atoms with Gasteiger partial charge in [0.1, 0.15) is 6.61 Å². The van der Waals surface area contributed by atoms with Crippen LogP contribution in [0.4, 0.5) is 0 Å². The quantitative estimate of drug-likeness (QED) is 0.0386. The summed E-state index contributed by atoms with van der Waals surface area (Å²) in [5.41, 5.74) is 0. The van der Waals surface area contributed by atoms with Crippen molar-refractivity contribution in [3.63, 3.8) is 0 Å². The van der Waals surface area contributed by atoms with Crippen LogP contribution in [0, 0.1) is 0 Å². The Labute approximate surface area is 322 Å². The zero-order valence-electron chi connectivity index (χ0n) is 34.3. The number of unbranched alkanes of at least 4 members (excludes halogenated alkanes) is 24. The van der Waals surface area contributed by atoms with Gasteiger partial charge in [0.25, 0.3) is 0 Å². The Bertz CT molecular complexity index is 873. The maximum Gasteiger partial charge on any atom is 0.306 e. The summed E-state index contributed by atoms with van der Waals surface area (Å²) in [7, 11) is 0. The van der Waals surface area contributed by atoms with Crippen LogP contribution in [-0.2, 0) is 19.1 Å². The lowest BCUT2D eigenvalue weighted by atomic mass is 10.0. The summed E-state index contributed by atoms with van der Waals surface area (Å²) in [6, 6.07) is 0. The predicted octanol–water partition coefficient (Wildman–Crippen LogP) is 14.2. The van der Waals surface area contributed by atoms with Gasteiger partial charge in [-0.3, -0.25) is 9.59 Å². The highest BCUT2D eigenvalue weighted by molar-refractivity contribution is 5.70. The molecule has 0 aromatic heterocycles. The van der Waals surface area contributed by atoms with Gasteiger partial charge >= 0.3 is 11.9 Å². The van der Waals surface area contributed by atoms with Gasteiger partial charge in [-0.25, -0.2) is 0 Å². The van der Waals surface area contributed by atoms with Gasteiger partial charge in [-0.1, -0.05) is 217 Å². The fourth-order valence-electron chi connectivity index (χ4n) is 6.33. The fourth-order valence-corrected chi connectivity index (χ4v) is 6.33. The highest BCUT2D eigenvalue weighted by atomic mass is 16.6. The monoisotopic (exact) mass is 729 g/mol. The van der Waals surface area contributed by atoms with Gasteiger partial charge in [0.05, 0.1) is 6.61 Å². The van der Waals surface area contributed by atoms with E-state index in [1.54, 1.807) is 0 Å². The van der Waals surface area contributed by atoms with Crippen LogP contribution in [0.25, 0.3) is 0 Å². The van der Waals surface area contributed by atoms with Gasteiger partial charge in [0.2, 0.25) is 0 Å². The van der Waals surface area contributed by atoms with E-state index in [2.05, 4.69) is 50.3 Å². The van der Waals surface area contributed by atoms with Crippen LogP contribution < -0.4 is 0 Å². The Morgan fingerprint density at radius 1 is 0.462 bits per heavy atom. The minimum Gasteiger partial charge on any atom is -0.462 e. The van der Waals surface area contributed by atoms with Gasteiger partial charge in [-0.2, -0.15) is 0 Å². The predicted molar refractivity (Wildman–Crippen MR) is 224 cm³/mol. The second kappa shape index (κ2) is 43.3. The Balaban J connectivity index is 3.50. The second-order valence-corrected chi connectivity index (χ2v) is 14.8. The molecule has 0 aliphatic carbocycles. The molecule has 0 saturated carbocycles. The molecule has 0 aromatic rings. The van der Waals surface area contributed by atoms with Crippen molar-refractivity contribution in [2.24, 2.45) is 0 Å². The van der Waals surface area contributed by atoms with Crippen molar-refractivity contribution in [2.45, 2.75) is 225 Å². The first kappa shape index (κ1) is 49.9. The van der Waals surface area contributed by atoms with Crippen LogP contribution >= 0.6 is 0 Å². The van der Waals surface area contributed by atoms with Crippen LogP contribution in [0.2, 0.25) is 0 Å². The van der Waals surface area contributed by atoms with E-state index in [1.165, 1.54) is 141 Å². The number of allylic oxidation sites excluding steroid dienone is 8. The Morgan fingerprint density at radius 3 is 1.21 bits per heavy atom. The van der Waals surface area contributed by atoms with Gasteiger partial charge in [-0.15, -0.1) is 0 Å². The van der Waals surface area contributed by atoms with Crippen molar-refractivity contribution in [3.05, 3.63) is 48.6 Å². The van der Waals surface area contributed by atoms with Crippen LogP contribution in [0.5, 0.6) is 0 Å². The number of aliphatic hydroxyl groups is 1. The molecule has 5 nitrogen and oxygen atoms in total. The van der Waals surface area contributed by atoms with E-state index in [9.17, 15) is 14.7 Å². The lowest BCUT2D eigenvalue weighted by Crippen LogP contribution is -2.28. The van der Waals surface area contributed by atoms with Crippen molar-refractivity contribution in [1.29, 1.82) is 0 Å². The summed E-state index contributed by atoms with van der Waals surface area (Å²) in [5.74, 6) is -0.679. The molecule has 0 spiro atoms. The molecule has 0 aromatic carbocycles. The minimum atomic E-state index is -0.807. The van der Waals surface area contributed by atoms with Gasteiger partial charge < -0.3 is 14.6 Å². The van der Waals surface area contributed by atoms with Crippen LogP contribution in [0.3, 0.4) is 0 Å². The molecule has 1 N–H and O–H groups in total. The highest BCUT2D eigenvalue weighted by Gasteiger charge is 2.15. The second-order valence-electron chi connectivity index (χ2n) is 14.8. The first-order chi connectivity index (χ1) is 25.6. The van der Waals surface area contributed by atoms with Crippen molar-refractivity contribution >= 4 is 11.9 Å². The van der Waals surface area contributed by atoms with Crippen LogP contribution in [0.1, 0.15) is 219 Å². The number of carbonyl (C=O) groups is 2.